The molecule has 0 bridgehead atoms. The number of aromatic nitrogens is 3. The molecule has 2 aliphatic heterocycles. The number of ether oxygens (including phenoxy) is 2. The Morgan fingerprint density at radius 2 is 1.97 bits per heavy atom. The minimum atomic E-state index is -2.13. The number of rotatable bonds is 8. The molecule has 0 aliphatic carbocycles. The Kier molecular flexibility index (Phi) is 8.12. The molecule has 10 nitrogen and oxygen atoms in total. The van der Waals surface area contributed by atoms with Crippen molar-refractivity contribution in [2.45, 2.75) is 13.8 Å². The highest BCUT2D eigenvalue weighted by molar-refractivity contribution is 7.93. The molecular weight excluding hydrogens is 502 g/mol. The summed E-state index contributed by atoms with van der Waals surface area (Å²) in [5.41, 5.74) is 2.95. The van der Waals surface area contributed by atoms with Gasteiger partial charge in [0, 0.05) is 61.6 Å². The van der Waals surface area contributed by atoms with Crippen molar-refractivity contribution in [2.75, 3.05) is 75.5 Å². The van der Waals surface area contributed by atoms with Crippen LogP contribution in [0.1, 0.15) is 19.4 Å². The topological polar surface area (TPSA) is 108 Å². The van der Waals surface area contributed by atoms with E-state index in [-0.39, 0.29) is 0 Å². The molecule has 0 spiro atoms. The molecule has 2 aliphatic rings. The second-order valence-electron chi connectivity index (χ2n) is 10.1. The minimum absolute atomic E-state index is 0.415. The van der Waals surface area contributed by atoms with E-state index in [0.717, 1.165) is 55.3 Å². The first kappa shape index (κ1) is 26.4. The van der Waals surface area contributed by atoms with Gasteiger partial charge in [-0.05, 0) is 24.1 Å². The summed E-state index contributed by atoms with van der Waals surface area (Å²) >= 11 is 0. The van der Waals surface area contributed by atoms with Gasteiger partial charge in [-0.1, -0.05) is 13.8 Å². The third-order valence-corrected chi connectivity index (χ3v) is 9.17. The Labute approximate surface area is 224 Å². The van der Waals surface area contributed by atoms with Crippen LogP contribution in [0.15, 0.2) is 41.2 Å². The van der Waals surface area contributed by atoms with E-state index in [1.165, 1.54) is 0 Å². The normalized spacial score (nSPS) is 18.0. The summed E-state index contributed by atoms with van der Waals surface area (Å²) in [6.45, 7) is 10.9. The number of nitrogens with zero attached hydrogens (tertiary/aromatic N) is 7. The Morgan fingerprint density at radius 1 is 1.18 bits per heavy atom. The lowest BCUT2D eigenvalue weighted by atomic mass is 10.1. The van der Waals surface area contributed by atoms with Gasteiger partial charge in [-0.15, -0.1) is 0 Å². The number of fused-ring (bicyclic) bond motifs is 1. The van der Waals surface area contributed by atoms with Crippen LogP contribution in [-0.4, -0.2) is 94.3 Å². The van der Waals surface area contributed by atoms with Crippen LogP contribution in [0.25, 0.3) is 16.6 Å². The Hall–Kier alpha value is -3.20. The van der Waals surface area contributed by atoms with Crippen molar-refractivity contribution in [3.63, 3.8) is 0 Å². The van der Waals surface area contributed by atoms with Crippen molar-refractivity contribution in [1.82, 2.24) is 19.5 Å². The van der Waals surface area contributed by atoms with Gasteiger partial charge >= 0.3 is 0 Å². The average molecular weight is 538 g/mol. The molecule has 2 saturated heterocycles. The average Bonchev–Trinajstić information content (AvgIpc) is 3.36. The first-order valence-corrected chi connectivity index (χ1v) is 15.0. The highest BCUT2D eigenvalue weighted by atomic mass is 32.2. The molecule has 11 heteroatoms. The molecule has 0 amide bonds. The highest BCUT2D eigenvalue weighted by Crippen LogP contribution is 2.31. The van der Waals surface area contributed by atoms with Crippen molar-refractivity contribution in [3.8, 4) is 22.9 Å². The maximum absolute atomic E-state index is 13.0. The second kappa shape index (κ2) is 11.7. The summed E-state index contributed by atoms with van der Waals surface area (Å²) in [5.74, 6) is 3.08. The van der Waals surface area contributed by atoms with Crippen molar-refractivity contribution >= 4 is 21.1 Å². The minimum Gasteiger partial charge on any atom is -0.491 e. The summed E-state index contributed by atoms with van der Waals surface area (Å²) in [7, 11) is -2.13. The van der Waals surface area contributed by atoms with E-state index in [9.17, 15) is 9.47 Å². The number of hydrogen-bond acceptors (Lipinski definition) is 9. The van der Waals surface area contributed by atoms with E-state index in [1.54, 1.807) is 10.7 Å². The number of pyridine rings is 2. The van der Waals surface area contributed by atoms with Gasteiger partial charge in [0.25, 0.3) is 0 Å². The molecule has 202 valence electrons. The van der Waals surface area contributed by atoms with Gasteiger partial charge in [0.15, 0.2) is 0 Å². The second-order valence-corrected chi connectivity index (χ2v) is 12.8. The SMILES string of the molecule is CC(C)CN=S1(=O)CCN(c2ccc(-c3cc(OCCN4CCOCC4)cn4ncc(C#N)c34)cn2)CC1. The summed E-state index contributed by atoms with van der Waals surface area (Å²) in [5, 5.41) is 14.1. The maximum Gasteiger partial charge on any atom is 0.138 e. The van der Waals surface area contributed by atoms with Crippen molar-refractivity contribution < 1.29 is 13.7 Å². The Bertz CT molecular complexity index is 1400. The molecule has 0 radical (unpaired) electrons. The van der Waals surface area contributed by atoms with Crippen LogP contribution in [0.5, 0.6) is 5.75 Å². The number of nitriles is 1. The predicted molar refractivity (Wildman–Crippen MR) is 148 cm³/mol. The molecule has 38 heavy (non-hydrogen) atoms. The van der Waals surface area contributed by atoms with E-state index in [4.69, 9.17) is 14.5 Å². The van der Waals surface area contributed by atoms with Crippen LogP contribution in [0, 0.1) is 17.2 Å². The van der Waals surface area contributed by atoms with E-state index in [2.05, 4.69) is 39.2 Å². The van der Waals surface area contributed by atoms with Gasteiger partial charge in [0.05, 0.1) is 53.0 Å². The molecule has 5 rings (SSSR count). The van der Waals surface area contributed by atoms with Gasteiger partial charge in [-0.2, -0.15) is 10.4 Å². The summed E-state index contributed by atoms with van der Waals surface area (Å²) in [6.07, 6.45) is 5.22. The van der Waals surface area contributed by atoms with Crippen LogP contribution in [0.4, 0.5) is 5.82 Å². The third-order valence-electron chi connectivity index (χ3n) is 6.91. The number of anilines is 1. The molecule has 0 unspecified atom stereocenters. The van der Waals surface area contributed by atoms with Crippen LogP contribution in [0.3, 0.4) is 0 Å². The molecule has 0 N–H and O–H groups in total. The van der Waals surface area contributed by atoms with Crippen molar-refractivity contribution in [1.29, 1.82) is 5.26 Å². The van der Waals surface area contributed by atoms with Crippen molar-refractivity contribution in [2.24, 2.45) is 10.3 Å². The van der Waals surface area contributed by atoms with Crippen LogP contribution in [-0.2, 0) is 14.5 Å². The standard InChI is InChI=1S/C27H35N7O3S/c1-21(2)17-31-38(35)13-8-33(9-14-38)26-4-3-22(18-29-26)25-15-24(20-34-27(25)23(16-28)19-30-34)37-12-7-32-5-10-36-11-6-32/h3-4,15,18-21H,5-14,17H2,1-2H3. The predicted octanol–water partition coefficient (Wildman–Crippen LogP) is 2.92. The Balaban J connectivity index is 1.33. The fourth-order valence-corrected chi connectivity index (χ4v) is 6.73. The number of morpholine rings is 1. The molecule has 0 saturated carbocycles. The molecular formula is C27H35N7O3S. The smallest absolute Gasteiger partial charge is 0.138 e. The summed E-state index contributed by atoms with van der Waals surface area (Å²) in [6, 6.07) is 8.20. The molecule has 3 aromatic rings. The first-order valence-electron chi connectivity index (χ1n) is 13.2. The van der Waals surface area contributed by atoms with E-state index >= 15 is 0 Å². The van der Waals surface area contributed by atoms with Crippen LogP contribution >= 0.6 is 0 Å². The molecule has 5 heterocycles. The zero-order valence-electron chi connectivity index (χ0n) is 22.1. The maximum atomic E-state index is 13.0. The van der Waals surface area contributed by atoms with Gasteiger partial charge < -0.3 is 14.4 Å². The lowest BCUT2D eigenvalue weighted by Gasteiger charge is -2.30. The van der Waals surface area contributed by atoms with E-state index in [1.807, 2.05) is 30.6 Å². The lowest BCUT2D eigenvalue weighted by molar-refractivity contribution is 0.0322. The first-order chi connectivity index (χ1) is 18.4. The zero-order valence-corrected chi connectivity index (χ0v) is 22.9. The third kappa shape index (κ3) is 6.09. The van der Waals surface area contributed by atoms with Gasteiger partial charge in [-0.25, -0.2) is 18.1 Å². The molecule has 2 fully saturated rings. The summed E-state index contributed by atoms with van der Waals surface area (Å²) in [4.78, 5) is 9.22. The monoisotopic (exact) mass is 537 g/mol. The van der Waals surface area contributed by atoms with Crippen molar-refractivity contribution in [3.05, 3.63) is 42.4 Å². The van der Waals surface area contributed by atoms with E-state index in [0.29, 0.717) is 55.0 Å². The largest absolute Gasteiger partial charge is 0.491 e. The quantitative estimate of drug-likeness (QED) is 0.432. The lowest BCUT2D eigenvalue weighted by Crippen LogP contribution is -2.40. The fraction of sp³-hybridized carbons (Fsp3) is 0.519. The highest BCUT2D eigenvalue weighted by Gasteiger charge is 2.22. The van der Waals surface area contributed by atoms with Gasteiger partial charge in [0.1, 0.15) is 24.2 Å². The van der Waals surface area contributed by atoms with Crippen LogP contribution in [0.2, 0.25) is 0 Å². The summed E-state index contributed by atoms with van der Waals surface area (Å²) < 4.78 is 30.8. The molecule has 3 aromatic heterocycles. The van der Waals surface area contributed by atoms with E-state index < -0.39 is 9.73 Å². The van der Waals surface area contributed by atoms with Gasteiger partial charge in [0.2, 0.25) is 0 Å². The Morgan fingerprint density at radius 3 is 2.66 bits per heavy atom. The fourth-order valence-electron chi connectivity index (χ4n) is 4.69. The van der Waals surface area contributed by atoms with Crippen LogP contribution < -0.4 is 9.64 Å². The zero-order chi connectivity index (χ0) is 26.5. The van der Waals surface area contributed by atoms with Gasteiger partial charge in [-0.3, -0.25) is 4.90 Å². The molecule has 0 atom stereocenters. The molecule has 0 aromatic carbocycles. The number of hydrogen-bond donors (Lipinski definition) is 0.